The Hall–Kier alpha value is -3.42. The second kappa shape index (κ2) is 7.00. The maximum Gasteiger partial charge on any atom is 0.280 e. The van der Waals surface area contributed by atoms with Crippen LogP contribution in [-0.4, -0.2) is 39.3 Å². The molecule has 25 heavy (non-hydrogen) atoms. The van der Waals surface area contributed by atoms with E-state index in [1.165, 1.54) is 18.0 Å². The summed E-state index contributed by atoms with van der Waals surface area (Å²) in [6.07, 6.45) is 4.60. The van der Waals surface area contributed by atoms with Gasteiger partial charge in [0, 0.05) is 31.2 Å². The topological polar surface area (TPSA) is 102 Å². The van der Waals surface area contributed by atoms with Gasteiger partial charge in [0.2, 0.25) is 5.88 Å². The van der Waals surface area contributed by atoms with Gasteiger partial charge in [-0.15, -0.1) is 0 Å². The number of hydrogen-bond donors (Lipinski definition) is 2. The Morgan fingerprint density at radius 3 is 2.84 bits per heavy atom. The van der Waals surface area contributed by atoms with E-state index < -0.39 is 0 Å². The summed E-state index contributed by atoms with van der Waals surface area (Å²) in [7, 11) is 1.52. The van der Waals surface area contributed by atoms with E-state index in [9.17, 15) is 9.59 Å². The minimum atomic E-state index is -0.258. The van der Waals surface area contributed by atoms with E-state index in [1.807, 2.05) is 6.92 Å². The molecule has 2 N–H and O–H groups in total. The highest BCUT2D eigenvalue weighted by molar-refractivity contribution is 5.93. The van der Waals surface area contributed by atoms with E-state index in [-0.39, 0.29) is 11.5 Å². The molecule has 3 aromatic heterocycles. The van der Waals surface area contributed by atoms with Gasteiger partial charge in [0.25, 0.3) is 11.5 Å². The number of amides is 1. The van der Waals surface area contributed by atoms with Gasteiger partial charge in [0.1, 0.15) is 0 Å². The van der Waals surface area contributed by atoms with Crippen LogP contribution in [0, 0.1) is 0 Å². The Labute approximate surface area is 143 Å². The molecule has 0 unspecified atom stereocenters. The van der Waals surface area contributed by atoms with Crippen LogP contribution in [0.5, 0.6) is 5.88 Å². The van der Waals surface area contributed by atoms with E-state index in [1.54, 1.807) is 36.7 Å². The fraction of sp³-hybridized carbons (Fsp3) is 0.176. The largest absolute Gasteiger partial charge is 0.481 e. The highest BCUT2D eigenvalue weighted by Gasteiger charge is 2.12. The Kier molecular flexibility index (Phi) is 4.60. The van der Waals surface area contributed by atoms with Crippen LogP contribution in [0.15, 0.2) is 47.7 Å². The van der Waals surface area contributed by atoms with E-state index in [2.05, 4.69) is 20.4 Å². The summed E-state index contributed by atoms with van der Waals surface area (Å²) in [4.78, 5) is 32.6. The zero-order chi connectivity index (χ0) is 17.8. The van der Waals surface area contributed by atoms with E-state index in [0.717, 1.165) is 0 Å². The molecule has 128 valence electrons. The number of hydrogen-bond acceptors (Lipinski definition) is 5. The molecule has 3 aromatic rings. The molecule has 1 amide bonds. The Balaban J connectivity index is 1.93. The fourth-order valence-corrected chi connectivity index (χ4v) is 2.35. The standard InChI is InChI=1S/C17H17N5O3/c1-3-18-16(23)12-4-5-14(20-9-12)22-17(24)13(10-21-22)11-6-7-19-15(8-11)25-2/h4-10,21H,3H2,1-2H3,(H,18,23). The molecule has 0 fully saturated rings. The van der Waals surface area contributed by atoms with Gasteiger partial charge in [-0.25, -0.2) is 14.6 Å². The first-order chi connectivity index (χ1) is 12.1. The third kappa shape index (κ3) is 3.27. The third-order valence-corrected chi connectivity index (χ3v) is 3.60. The van der Waals surface area contributed by atoms with Gasteiger partial charge in [0.15, 0.2) is 5.82 Å². The zero-order valence-corrected chi connectivity index (χ0v) is 13.8. The molecule has 0 bridgehead atoms. The SMILES string of the molecule is CCNC(=O)c1ccc(-n2[nH]cc(-c3ccnc(OC)c3)c2=O)nc1. The summed E-state index contributed by atoms with van der Waals surface area (Å²) >= 11 is 0. The molecule has 0 radical (unpaired) electrons. The molecule has 8 heteroatoms. The predicted molar refractivity (Wildman–Crippen MR) is 92.0 cm³/mol. The molecule has 0 saturated carbocycles. The second-order valence-corrected chi connectivity index (χ2v) is 5.18. The number of nitrogens with one attached hydrogen (secondary N) is 2. The molecule has 3 heterocycles. The van der Waals surface area contributed by atoms with Crippen molar-refractivity contribution in [3.8, 4) is 22.8 Å². The van der Waals surface area contributed by atoms with Gasteiger partial charge in [-0.1, -0.05) is 0 Å². The average Bonchev–Trinajstić information content (AvgIpc) is 3.03. The number of methoxy groups -OCH3 is 1. The number of pyridine rings is 2. The van der Waals surface area contributed by atoms with Crippen molar-refractivity contribution in [2.75, 3.05) is 13.7 Å². The summed E-state index contributed by atoms with van der Waals surface area (Å²) in [5, 5.41) is 5.58. The van der Waals surface area contributed by atoms with Gasteiger partial charge in [-0.3, -0.25) is 14.7 Å². The molecular weight excluding hydrogens is 322 g/mol. The van der Waals surface area contributed by atoms with Crippen molar-refractivity contribution in [2.24, 2.45) is 0 Å². The molecule has 0 spiro atoms. The van der Waals surface area contributed by atoms with Gasteiger partial charge in [-0.05, 0) is 30.7 Å². The second-order valence-electron chi connectivity index (χ2n) is 5.18. The Morgan fingerprint density at radius 2 is 2.16 bits per heavy atom. The lowest BCUT2D eigenvalue weighted by Gasteiger charge is -2.04. The number of aromatic amines is 1. The number of ether oxygens (including phenoxy) is 1. The lowest BCUT2D eigenvalue weighted by molar-refractivity contribution is 0.0955. The Morgan fingerprint density at radius 1 is 1.32 bits per heavy atom. The monoisotopic (exact) mass is 339 g/mol. The first-order valence-electron chi connectivity index (χ1n) is 7.69. The van der Waals surface area contributed by atoms with Gasteiger partial charge in [0.05, 0.1) is 18.2 Å². The van der Waals surface area contributed by atoms with Crippen LogP contribution in [0.2, 0.25) is 0 Å². The van der Waals surface area contributed by atoms with Crippen molar-refractivity contribution >= 4 is 5.91 Å². The minimum Gasteiger partial charge on any atom is -0.481 e. The van der Waals surface area contributed by atoms with Crippen molar-refractivity contribution in [1.82, 2.24) is 25.1 Å². The highest BCUT2D eigenvalue weighted by Crippen LogP contribution is 2.19. The normalized spacial score (nSPS) is 10.5. The number of rotatable bonds is 5. The average molecular weight is 339 g/mol. The number of aromatic nitrogens is 4. The predicted octanol–water partition coefficient (Wildman–Crippen LogP) is 1.38. The maximum absolute atomic E-state index is 12.6. The van der Waals surface area contributed by atoms with Gasteiger partial charge >= 0.3 is 0 Å². The maximum atomic E-state index is 12.6. The van der Waals surface area contributed by atoms with E-state index >= 15 is 0 Å². The molecule has 3 rings (SSSR count). The molecule has 0 aromatic carbocycles. The van der Waals surface area contributed by atoms with Crippen LogP contribution >= 0.6 is 0 Å². The van der Waals surface area contributed by atoms with Crippen molar-refractivity contribution in [3.05, 3.63) is 58.8 Å². The molecule has 0 saturated heterocycles. The fourth-order valence-electron chi connectivity index (χ4n) is 2.35. The molecule has 8 nitrogen and oxygen atoms in total. The van der Waals surface area contributed by atoms with Crippen LogP contribution in [0.4, 0.5) is 0 Å². The number of H-pyrrole nitrogens is 1. The summed E-state index contributed by atoms with van der Waals surface area (Å²) in [5.74, 6) is 0.615. The quantitative estimate of drug-likeness (QED) is 0.731. The van der Waals surface area contributed by atoms with E-state index in [4.69, 9.17) is 4.74 Å². The van der Waals surface area contributed by atoms with Crippen molar-refractivity contribution < 1.29 is 9.53 Å². The van der Waals surface area contributed by atoms with Gasteiger partial charge < -0.3 is 10.1 Å². The van der Waals surface area contributed by atoms with Crippen LogP contribution < -0.4 is 15.6 Å². The molecule has 0 aliphatic rings. The summed E-state index contributed by atoms with van der Waals surface area (Å²) in [6.45, 7) is 2.38. The lowest BCUT2D eigenvalue weighted by atomic mass is 10.1. The van der Waals surface area contributed by atoms with Crippen molar-refractivity contribution in [2.45, 2.75) is 6.92 Å². The van der Waals surface area contributed by atoms with Gasteiger partial charge in [-0.2, -0.15) is 0 Å². The van der Waals surface area contributed by atoms with Crippen LogP contribution in [0.3, 0.4) is 0 Å². The highest BCUT2D eigenvalue weighted by atomic mass is 16.5. The molecule has 0 aliphatic heterocycles. The molecular formula is C17H17N5O3. The number of nitrogens with zero attached hydrogens (tertiary/aromatic N) is 3. The van der Waals surface area contributed by atoms with Crippen molar-refractivity contribution in [1.29, 1.82) is 0 Å². The smallest absolute Gasteiger partial charge is 0.280 e. The molecule has 0 atom stereocenters. The summed E-state index contributed by atoms with van der Waals surface area (Å²) in [5.41, 5.74) is 1.33. The zero-order valence-electron chi connectivity index (χ0n) is 13.8. The molecule has 0 aliphatic carbocycles. The first kappa shape index (κ1) is 16.4. The van der Waals surface area contributed by atoms with E-state index in [0.29, 0.717) is 34.9 Å². The lowest BCUT2D eigenvalue weighted by Crippen LogP contribution is -2.23. The number of carbonyl (C=O) groups excluding carboxylic acids is 1. The number of carbonyl (C=O) groups is 1. The Bertz CT molecular complexity index is 943. The summed E-state index contributed by atoms with van der Waals surface area (Å²) in [6, 6.07) is 6.64. The third-order valence-electron chi connectivity index (χ3n) is 3.60. The minimum absolute atomic E-state index is 0.204. The summed E-state index contributed by atoms with van der Waals surface area (Å²) < 4.78 is 6.39. The van der Waals surface area contributed by atoms with Crippen LogP contribution in [-0.2, 0) is 0 Å². The van der Waals surface area contributed by atoms with Crippen LogP contribution in [0.25, 0.3) is 16.9 Å². The first-order valence-corrected chi connectivity index (χ1v) is 7.69. The van der Waals surface area contributed by atoms with Crippen molar-refractivity contribution in [3.63, 3.8) is 0 Å². The van der Waals surface area contributed by atoms with Crippen LogP contribution in [0.1, 0.15) is 17.3 Å².